The molecular formula is C14H20N2O2. The third kappa shape index (κ3) is 3.09. The van der Waals surface area contributed by atoms with E-state index in [9.17, 15) is 4.79 Å². The molecule has 0 radical (unpaired) electrons. The maximum absolute atomic E-state index is 11.8. The predicted octanol–water partition coefficient (Wildman–Crippen LogP) is 0.634. The van der Waals surface area contributed by atoms with Gasteiger partial charge in [0.1, 0.15) is 6.04 Å². The zero-order chi connectivity index (χ0) is 13.0. The van der Waals surface area contributed by atoms with Crippen LogP contribution in [0.2, 0.25) is 0 Å². The molecule has 98 valence electrons. The molecule has 1 aromatic carbocycles. The Balaban J connectivity index is 1.92. The molecule has 18 heavy (non-hydrogen) atoms. The molecule has 0 fully saturated rings. The van der Waals surface area contributed by atoms with E-state index < -0.39 is 6.04 Å². The van der Waals surface area contributed by atoms with Crippen LogP contribution >= 0.6 is 0 Å². The number of hydrogen-bond donors (Lipinski definition) is 2. The number of carbonyl (C=O) groups excluding carboxylic acids is 1. The highest BCUT2D eigenvalue weighted by Gasteiger charge is 2.22. The molecule has 2 rings (SSSR count). The van der Waals surface area contributed by atoms with Crippen molar-refractivity contribution < 1.29 is 9.53 Å². The summed E-state index contributed by atoms with van der Waals surface area (Å²) in [5.74, 6) is -0.124. The molecule has 0 saturated heterocycles. The van der Waals surface area contributed by atoms with Crippen LogP contribution in [0.4, 0.5) is 0 Å². The van der Waals surface area contributed by atoms with Gasteiger partial charge in [-0.05, 0) is 30.4 Å². The Morgan fingerprint density at radius 3 is 2.94 bits per heavy atom. The molecule has 0 bridgehead atoms. The first-order chi connectivity index (χ1) is 8.70. The van der Waals surface area contributed by atoms with Gasteiger partial charge in [-0.25, -0.2) is 0 Å². The third-order valence-electron chi connectivity index (χ3n) is 3.38. The van der Waals surface area contributed by atoms with E-state index in [-0.39, 0.29) is 18.6 Å². The highest BCUT2D eigenvalue weighted by Crippen LogP contribution is 2.20. The van der Waals surface area contributed by atoms with Crippen LogP contribution in [-0.4, -0.2) is 31.7 Å². The molecule has 1 aromatic rings. The number of nitrogens with one attached hydrogen (secondary N) is 1. The van der Waals surface area contributed by atoms with E-state index in [1.165, 1.54) is 11.1 Å². The Labute approximate surface area is 108 Å². The lowest BCUT2D eigenvalue weighted by atomic mass is 9.88. The second kappa shape index (κ2) is 5.98. The summed E-state index contributed by atoms with van der Waals surface area (Å²) in [6.45, 7) is 0.259. The maximum Gasteiger partial charge on any atom is 0.239 e. The van der Waals surface area contributed by atoms with Gasteiger partial charge in [0, 0.05) is 13.2 Å². The molecule has 2 unspecified atom stereocenters. The lowest BCUT2D eigenvalue weighted by molar-refractivity contribution is -0.124. The van der Waals surface area contributed by atoms with Crippen molar-refractivity contribution in [1.29, 1.82) is 0 Å². The molecular weight excluding hydrogens is 228 g/mol. The molecule has 0 saturated carbocycles. The summed E-state index contributed by atoms with van der Waals surface area (Å²) in [5.41, 5.74) is 8.42. The van der Waals surface area contributed by atoms with E-state index in [4.69, 9.17) is 10.5 Å². The zero-order valence-corrected chi connectivity index (χ0v) is 10.7. The fourth-order valence-corrected chi connectivity index (χ4v) is 2.38. The molecule has 0 aliphatic heterocycles. The summed E-state index contributed by atoms with van der Waals surface area (Å²) in [4.78, 5) is 11.8. The standard InChI is InChI=1S/C14H20N2O2/c1-18-9-13(15)14(17)16-12-7-6-10-4-2-3-5-11(10)8-12/h2-5,12-13H,6-9,15H2,1H3,(H,16,17). The first kappa shape index (κ1) is 13.1. The van der Waals surface area contributed by atoms with Gasteiger partial charge in [0.2, 0.25) is 5.91 Å². The normalized spacial score (nSPS) is 20.0. The number of ether oxygens (including phenoxy) is 1. The third-order valence-corrected chi connectivity index (χ3v) is 3.38. The summed E-state index contributed by atoms with van der Waals surface area (Å²) in [7, 11) is 1.55. The number of rotatable bonds is 4. The van der Waals surface area contributed by atoms with Crippen molar-refractivity contribution in [2.24, 2.45) is 5.73 Å². The van der Waals surface area contributed by atoms with Crippen LogP contribution in [0.1, 0.15) is 17.5 Å². The fourth-order valence-electron chi connectivity index (χ4n) is 2.38. The SMILES string of the molecule is COCC(N)C(=O)NC1CCc2ccccc2C1. The highest BCUT2D eigenvalue weighted by atomic mass is 16.5. The monoisotopic (exact) mass is 248 g/mol. The minimum absolute atomic E-state index is 0.124. The van der Waals surface area contributed by atoms with Gasteiger partial charge in [0.25, 0.3) is 0 Å². The number of amides is 1. The van der Waals surface area contributed by atoms with Crippen LogP contribution in [0.25, 0.3) is 0 Å². The number of methoxy groups -OCH3 is 1. The van der Waals surface area contributed by atoms with Crippen molar-refractivity contribution in [3.63, 3.8) is 0 Å². The molecule has 1 amide bonds. The molecule has 4 heteroatoms. The van der Waals surface area contributed by atoms with Gasteiger partial charge >= 0.3 is 0 Å². The summed E-state index contributed by atoms with van der Waals surface area (Å²) in [5, 5.41) is 3.00. The van der Waals surface area contributed by atoms with Crippen molar-refractivity contribution in [2.75, 3.05) is 13.7 Å². The molecule has 0 spiro atoms. The van der Waals surface area contributed by atoms with Crippen molar-refractivity contribution in [3.05, 3.63) is 35.4 Å². The molecule has 0 heterocycles. The van der Waals surface area contributed by atoms with Gasteiger partial charge < -0.3 is 15.8 Å². The Morgan fingerprint density at radius 2 is 2.22 bits per heavy atom. The molecule has 3 N–H and O–H groups in total. The van der Waals surface area contributed by atoms with Gasteiger partial charge in [-0.3, -0.25) is 4.79 Å². The van der Waals surface area contributed by atoms with Gasteiger partial charge in [-0.2, -0.15) is 0 Å². The van der Waals surface area contributed by atoms with Gasteiger partial charge in [0.05, 0.1) is 6.61 Å². The van der Waals surface area contributed by atoms with E-state index in [1.807, 2.05) is 6.07 Å². The summed E-state index contributed by atoms with van der Waals surface area (Å²) < 4.78 is 4.88. The second-order valence-electron chi connectivity index (χ2n) is 4.78. The fraction of sp³-hybridized carbons (Fsp3) is 0.500. The van der Waals surface area contributed by atoms with Crippen LogP contribution in [0, 0.1) is 0 Å². The van der Waals surface area contributed by atoms with Crippen LogP contribution < -0.4 is 11.1 Å². The van der Waals surface area contributed by atoms with Crippen LogP contribution in [0.3, 0.4) is 0 Å². The number of benzene rings is 1. The van der Waals surface area contributed by atoms with E-state index in [0.29, 0.717) is 0 Å². The number of carbonyl (C=O) groups is 1. The quantitative estimate of drug-likeness (QED) is 0.821. The molecule has 1 aliphatic carbocycles. The Bertz CT molecular complexity index is 420. The van der Waals surface area contributed by atoms with Crippen LogP contribution in [-0.2, 0) is 22.4 Å². The number of fused-ring (bicyclic) bond motifs is 1. The van der Waals surface area contributed by atoms with Crippen LogP contribution in [0.5, 0.6) is 0 Å². The van der Waals surface area contributed by atoms with E-state index in [0.717, 1.165) is 19.3 Å². The molecule has 0 aromatic heterocycles. The first-order valence-corrected chi connectivity index (χ1v) is 6.32. The largest absolute Gasteiger partial charge is 0.383 e. The van der Waals surface area contributed by atoms with Gasteiger partial charge in [-0.1, -0.05) is 24.3 Å². The highest BCUT2D eigenvalue weighted by molar-refractivity contribution is 5.82. The number of nitrogens with two attached hydrogens (primary N) is 1. The smallest absolute Gasteiger partial charge is 0.239 e. The van der Waals surface area contributed by atoms with Crippen molar-refractivity contribution in [3.8, 4) is 0 Å². The van der Waals surface area contributed by atoms with E-state index in [2.05, 4.69) is 23.5 Å². The van der Waals surface area contributed by atoms with E-state index >= 15 is 0 Å². The van der Waals surface area contributed by atoms with Crippen molar-refractivity contribution >= 4 is 5.91 Å². The minimum Gasteiger partial charge on any atom is -0.383 e. The van der Waals surface area contributed by atoms with Gasteiger partial charge in [-0.15, -0.1) is 0 Å². The average molecular weight is 248 g/mol. The average Bonchev–Trinajstić information content (AvgIpc) is 2.39. The first-order valence-electron chi connectivity index (χ1n) is 6.32. The Morgan fingerprint density at radius 1 is 1.50 bits per heavy atom. The topological polar surface area (TPSA) is 64.3 Å². The molecule has 2 atom stereocenters. The summed E-state index contributed by atoms with van der Waals surface area (Å²) >= 11 is 0. The zero-order valence-electron chi connectivity index (χ0n) is 10.7. The predicted molar refractivity (Wildman–Crippen MR) is 70.2 cm³/mol. The summed E-state index contributed by atoms with van der Waals surface area (Å²) in [6, 6.07) is 8.00. The van der Waals surface area contributed by atoms with E-state index in [1.54, 1.807) is 7.11 Å². The Hall–Kier alpha value is -1.39. The second-order valence-corrected chi connectivity index (χ2v) is 4.78. The lowest BCUT2D eigenvalue weighted by Gasteiger charge is -2.26. The number of hydrogen-bond acceptors (Lipinski definition) is 3. The minimum atomic E-state index is -0.577. The maximum atomic E-state index is 11.8. The van der Waals surface area contributed by atoms with Gasteiger partial charge in [0.15, 0.2) is 0 Å². The van der Waals surface area contributed by atoms with Crippen molar-refractivity contribution in [2.45, 2.75) is 31.3 Å². The number of aryl methyl sites for hydroxylation is 1. The Kier molecular flexibility index (Phi) is 4.33. The van der Waals surface area contributed by atoms with Crippen molar-refractivity contribution in [1.82, 2.24) is 5.32 Å². The van der Waals surface area contributed by atoms with Crippen LogP contribution in [0.15, 0.2) is 24.3 Å². The summed E-state index contributed by atoms with van der Waals surface area (Å²) in [6.07, 6.45) is 2.88. The molecule has 4 nitrogen and oxygen atoms in total. The molecule has 1 aliphatic rings. The lowest BCUT2D eigenvalue weighted by Crippen LogP contribution is -2.48.